The van der Waals surface area contributed by atoms with Crippen LogP contribution in [0.15, 0.2) is 29.0 Å². The van der Waals surface area contributed by atoms with Crippen LogP contribution in [0.3, 0.4) is 0 Å². The molecule has 4 nitrogen and oxygen atoms in total. The van der Waals surface area contributed by atoms with Crippen molar-refractivity contribution in [3.63, 3.8) is 0 Å². The molecule has 146 valence electrons. The van der Waals surface area contributed by atoms with E-state index in [0.717, 1.165) is 26.3 Å². The summed E-state index contributed by atoms with van der Waals surface area (Å²) >= 11 is 9.39. The van der Waals surface area contributed by atoms with Gasteiger partial charge in [0.05, 0.1) is 22.4 Å². The van der Waals surface area contributed by atoms with Crippen LogP contribution in [-0.2, 0) is 11.3 Å². The second kappa shape index (κ2) is 9.04. The van der Waals surface area contributed by atoms with E-state index in [1.807, 2.05) is 64.4 Å². The number of aromatic nitrogens is 1. The van der Waals surface area contributed by atoms with Crippen molar-refractivity contribution in [3.05, 3.63) is 44.6 Å². The molecule has 0 spiro atoms. The normalized spacial score (nSPS) is 11.1. The van der Waals surface area contributed by atoms with Gasteiger partial charge >= 0.3 is 6.09 Å². The van der Waals surface area contributed by atoms with Gasteiger partial charge in [-0.05, 0) is 50.1 Å². The maximum atomic E-state index is 12.9. The first-order chi connectivity index (χ1) is 12.7. The number of thiophene rings is 2. The number of ether oxygens (including phenoxy) is 1. The lowest BCUT2D eigenvalue weighted by molar-refractivity contribution is 0.0578. The molecular weight excluding hydrogens is 400 g/mol. The van der Waals surface area contributed by atoms with Crippen LogP contribution in [0.1, 0.15) is 45.1 Å². The minimum Gasteiger partial charge on any atom is -0.443 e. The minimum atomic E-state index is -0.577. The molecule has 3 rings (SSSR count). The van der Waals surface area contributed by atoms with E-state index < -0.39 is 11.7 Å². The lowest BCUT2D eigenvalue weighted by Gasteiger charge is -2.27. The van der Waals surface area contributed by atoms with Crippen LogP contribution in [0.2, 0.25) is 5.15 Å². The first-order valence-electron chi connectivity index (χ1n) is 8.82. The Labute approximate surface area is 173 Å². The number of pyridine rings is 1. The van der Waals surface area contributed by atoms with Crippen molar-refractivity contribution in [2.75, 3.05) is 4.90 Å². The number of aryl methyl sites for hydroxylation is 1. The third-order valence-corrected chi connectivity index (χ3v) is 5.61. The second-order valence-corrected chi connectivity index (χ2v) is 9.01. The molecule has 0 saturated carbocycles. The van der Waals surface area contributed by atoms with Crippen molar-refractivity contribution in [1.82, 2.24) is 4.98 Å². The van der Waals surface area contributed by atoms with Gasteiger partial charge < -0.3 is 4.74 Å². The van der Waals surface area contributed by atoms with Gasteiger partial charge in [0, 0.05) is 10.9 Å². The Morgan fingerprint density at radius 1 is 1.30 bits per heavy atom. The predicted molar refractivity (Wildman–Crippen MR) is 117 cm³/mol. The van der Waals surface area contributed by atoms with E-state index in [4.69, 9.17) is 16.3 Å². The van der Waals surface area contributed by atoms with E-state index in [0.29, 0.717) is 11.7 Å². The summed E-state index contributed by atoms with van der Waals surface area (Å²) in [4.78, 5) is 20.0. The Morgan fingerprint density at radius 2 is 2.00 bits per heavy atom. The van der Waals surface area contributed by atoms with Crippen LogP contribution in [0.25, 0.3) is 10.2 Å². The summed E-state index contributed by atoms with van der Waals surface area (Å²) in [6.07, 6.45) is -0.393. The Bertz CT molecular complexity index is 899. The topological polar surface area (TPSA) is 42.4 Å². The zero-order chi connectivity index (χ0) is 20.2. The van der Waals surface area contributed by atoms with Crippen molar-refractivity contribution in [2.24, 2.45) is 0 Å². The molecule has 0 fully saturated rings. The third kappa shape index (κ3) is 5.43. The Balaban J connectivity index is 0.00000126. The summed E-state index contributed by atoms with van der Waals surface area (Å²) in [5.74, 6) is 0. The number of rotatable bonds is 3. The highest BCUT2D eigenvalue weighted by atomic mass is 35.5. The lowest BCUT2D eigenvalue weighted by atomic mass is 10.2. The molecule has 0 atom stereocenters. The van der Waals surface area contributed by atoms with Gasteiger partial charge in [-0.3, -0.25) is 4.90 Å². The second-order valence-electron chi connectivity index (χ2n) is 6.71. The Hall–Kier alpha value is -1.63. The molecule has 0 aliphatic rings. The first-order valence-corrected chi connectivity index (χ1v) is 11.0. The average molecular weight is 425 g/mol. The summed E-state index contributed by atoms with van der Waals surface area (Å²) in [6, 6.07) is 5.71. The molecule has 7 heteroatoms. The fourth-order valence-electron chi connectivity index (χ4n) is 2.40. The zero-order valence-electron chi connectivity index (χ0n) is 16.5. The number of hydrogen-bond acceptors (Lipinski definition) is 5. The number of amides is 1. The summed E-state index contributed by atoms with van der Waals surface area (Å²) in [5, 5.41) is 4.38. The van der Waals surface area contributed by atoms with Crippen molar-refractivity contribution in [1.29, 1.82) is 0 Å². The van der Waals surface area contributed by atoms with Crippen molar-refractivity contribution >= 4 is 56.3 Å². The van der Waals surface area contributed by atoms with Crippen LogP contribution in [0.4, 0.5) is 10.5 Å². The summed E-state index contributed by atoms with van der Waals surface area (Å²) < 4.78 is 6.57. The molecule has 3 aromatic rings. The van der Waals surface area contributed by atoms with E-state index in [9.17, 15) is 4.79 Å². The molecule has 0 aliphatic heterocycles. The van der Waals surface area contributed by atoms with Gasteiger partial charge in [0.1, 0.15) is 10.8 Å². The SMILES string of the molecule is CC.Cc1csc2c(N(Cc3cccs3)C(=O)OC(C)(C)C)cc(Cl)nc12. The smallest absolute Gasteiger partial charge is 0.415 e. The van der Waals surface area contributed by atoms with E-state index in [-0.39, 0.29) is 0 Å². The highest BCUT2D eigenvalue weighted by Crippen LogP contribution is 2.36. The van der Waals surface area contributed by atoms with Gasteiger partial charge in [0.15, 0.2) is 0 Å². The van der Waals surface area contributed by atoms with E-state index in [1.165, 1.54) is 0 Å². The molecule has 0 radical (unpaired) electrons. The van der Waals surface area contributed by atoms with Gasteiger partial charge in [-0.15, -0.1) is 22.7 Å². The molecular formula is C20H25ClN2O2S2. The van der Waals surface area contributed by atoms with Gasteiger partial charge in [0.2, 0.25) is 0 Å². The summed E-state index contributed by atoms with van der Waals surface area (Å²) in [6.45, 7) is 12.0. The van der Waals surface area contributed by atoms with Crippen LogP contribution in [0.5, 0.6) is 0 Å². The molecule has 0 aromatic carbocycles. The number of hydrogen-bond donors (Lipinski definition) is 0. The number of carbonyl (C=O) groups excluding carboxylic acids is 1. The fourth-order valence-corrected chi connectivity index (χ4v) is 4.30. The number of halogens is 1. The molecule has 0 saturated heterocycles. The van der Waals surface area contributed by atoms with Gasteiger partial charge in [-0.1, -0.05) is 31.5 Å². The van der Waals surface area contributed by atoms with Crippen LogP contribution in [-0.4, -0.2) is 16.7 Å². The number of fused-ring (bicyclic) bond motifs is 1. The van der Waals surface area contributed by atoms with Gasteiger partial charge in [-0.2, -0.15) is 0 Å². The van der Waals surface area contributed by atoms with Crippen LogP contribution in [0, 0.1) is 6.92 Å². The quantitative estimate of drug-likeness (QED) is 0.414. The molecule has 0 unspecified atom stereocenters. The van der Waals surface area contributed by atoms with E-state index in [2.05, 4.69) is 4.98 Å². The van der Waals surface area contributed by atoms with E-state index >= 15 is 0 Å². The zero-order valence-corrected chi connectivity index (χ0v) is 18.9. The number of nitrogens with zero attached hydrogens (tertiary/aromatic N) is 2. The maximum Gasteiger partial charge on any atom is 0.415 e. The molecule has 0 N–H and O–H groups in total. The largest absolute Gasteiger partial charge is 0.443 e. The number of anilines is 1. The maximum absolute atomic E-state index is 12.9. The first kappa shape index (κ1) is 21.7. The summed E-state index contributed by atoms with van der Waals surface area (Å²) in [5.41, 5.74) is 2.03. The highest BCUT2D eigenvalue weighted by molar-refractivity contribution is 7.18. The Morgan fingerprint density at radius 3 is 2.59 bits per heavy atom. The Kier molecular flexibility index (Phi) is 7.25. The van der Waals surface area contributed by atoms with Crippen molar-refractivity contribution < 1.29 is 9.53 Å². The molecule has 3 heterocycles. The van der Waals surface area contributed by atoms with Crippen molar-refractivity contribution in [2.45, 2.75) is 53.7 Å². The van der Waals surface area contributed by atoms with Crippen molar-refractivity contribution in [3.8, 4) is 0 Å². The van der Waals surface area contributed by atoms with Gasteiger partial charge in [-0.25, -0.2) is 9.78 Å². The van der Waals surface area contributed by atoms with Crippen LogP contribution < -0.4 is 4.90 Å². The third-order valence-electron chi connectivity index (χ3n) is 3.45. The molecule has 3 aromatic heterocycles. The lowest BCUT2D eigenvalue weighted by Crippen LogP contribution is -2.36. The predicted octanol–water partition coefficient (Wildman–Crippen LogP) is 7.29. The van der Waals surface area contributed by atoms with Gasteiger partial charge in [0.25, 0.3) is 0 Å². The average Bonchev–Trinajstić information content (AvgIpc) is 3.23. The minimum absolute atomic E-state index is 0.365. The monoisotopic (exact) mass is 424 g/mol. The molecule has 0 bridgehead atoms. The molecule has 1 amide bonds. The highest BCUT2D eigenvalue weighted by Gasteiger charge is 2.26. The fraction of sp³-hybridized carbons (Fsp3) is 0.400. The number of carbonyl (C=O) groups is 1. The van der Waals surface area contributed by atoms with Crippen LogP contribution >= 0.6 is 34.3 Å². The summed E-state index contributed by atoms with van der Waals surface area (Å²) in [7, 11) is 0. The molecule has 0 aliphatic carbocycles. The molecule has 27 heavy (non-hydrogen) atoms. The van der Waals surface area contributed by atoms with E-state index in [1.54, 1.807) is 33.6 Å². The standard InChI is InChI=1S/C18H19ClN2O2S2.C2H6/c1-11-10-25-16-13(8-14(19)20-15(11)16)21(9-12-6-5-7-24-12)17(22)23-18(2,3)4;1-2/h5-8,10H,9H2,1-4H3;1-2H3.